The average molecular weight is 336 g/mol. The molecule has 0 aliphatic carbocycles. The number of rotatable bonds is 3. The van der Waals surface area contributed by atoms with Gasteiger partial charge >= 0.3 is 5.97 Å². The Balaban J connectivity index is 1.66. The summed E-state index contributed by atoms with van der Waals surface area (Å²) in [5.41, 5.74) is 4.11. The topological polar surface area (TPSA) is 71.2 Å². The number of carboxylic acids is 1. The highest BCUT2D eigenvalue weighted by atomic mass is 16.4. The number of aryl methyl sites for hydroxylation is 1. The Kier molecular flexibility index (Phi) is 3.87. The minimum Gasteiger partial charge on any atom is -0.481 e. The molecule has 6 nitrogen and oxygen atoms in total. The molecule has 1 aliphatic rings. The average Bonchev–Trinajstić information content (AvgIpc) is 3.06. The van der Waals surface area contributed by atoms with Crippen LogP contribution in [0, 0.1) is 12.8 Å². The van der Waals surface area contributed by atoms with Crippen molar-refractivity contribution in [2.24, 2.45) is 5.92 Å². The van der Waals surface area contributed by atoms with Crippen LogP contribution in [-0.4, -0.2) is 38.9 Å². The van der Waals surface area contributed by atoms with Crippen molar-refractivity contribution < 1.29 is 9.90 Å². The second-order valence-electron chi connectivity index (χ2n) is 6.61. The summed E-state index contributed by atoms with van der Waals surface area (Å²) in [6.07, 6.45) is 6.95. The standard InChI is InChI=1S/C19H20N4O2/c1-13-2-4-16(5-3-13)23-12-15-10-20-11-17(18(15)21-23)22-8-6-14(7-9-22)19(24)25/h2-5,10-12,14H,6-9H2,1H3,(H,24,25). The van der Waals surface area contributed by atoms with E-state index in [-0.39, 0.29) is 5.92 Å². The molecule has 2 aromatic heterocycles. The van der Waals surface area contributed by atoms with Crippen LogP contribution in [0.4, 0.5) is 5.69 Å². The second kappa shape index (κ2) is 6.20. The molecule has 0 amide bonds. The van der Waals surface area contributed by atoms with Crippen molar-refractivity contribution in [2.45, 2.75) is 19.8 Å². The predicted molar refractivity (Wildman–Crippen MR) is 96.2 cm³/mol. The largest absolute Gasteiger partial charge is 0.481 e. The van der Waals surface area contributed by atoms with Gasteiger partial charge in [-0.05, 0) is 31.9 Å². The highest BCUT2D eigenvalue weighted by Crippen LogP contribution is 2.29. The molecule has 25 heavy (non-hydrogen) atoms. The van der Waals surface area contributed by atoms with Crippen LogP contribution in [0.1, 0.15) is 18.4 Å². The van der Waals surface area contributed by atoms with Crippen LogP contribution in [0.2, 0.25) is 0 Å². The van der Waals surface area contributed by atoms with Gasteiger partial charge in [0, 0.05) is 30.9 Å². The van der Waals surface area contributed by atoms with Crippen molar-refractivity contribution in [3.8, 4) is 5.69 Å². The summed E-state index contributed by atoms with van der Waals surface area (Å²) in [5, 5.41) is 14.9. The lowest BCUT2D eigenvalue weighted by Crippen LogP contribution is -2.36. The molecule has 3 aromatic rings. The van der Waals surface area contributed by atoms with E-state index >= 15 is 0 Å². The molecular weight excluding hydrogens is 316 g/mol. The quantitative estimate of drug-likeness (QED) is 0.796. The SMILES string of the molecule is Cc1ccc(-n2cc3cncc(N4CCC(C(=O)O)CC4)c3n2)cc1. The van der Waals surface area contributed by atoms with Gasteiger partial charge in [-0.3, -0.25) is 9.78 Å². The van der Waals surface area contributed by atoms with Crippen molar-refractivity contribution in [2.75, 3.05) is 18.0 Å². The predicted octanol–water partition coefficient (Wildman–Crippen LogP) is 3.03. The number of aromatic nitrogens is 3. The van der Waals surface area contributed by atoms with E-state index in [2.05, 4.69) is 28.9 Å². The van der Waals surface area contributed by atoms with Gasteiger partial charge in [0.1, 0.15) is 5.52 Å². The van der Waals surface area contributed by atoms with Gasteiger partial charge in [0.25, 0.3) is 0 Å². The van der Waals surface area contributed by atoms with Crippen molar-refractivity contribution in [3.05, 3.63) is 48.4 Å². The number of anilines is 1. The van der Waals surface area contributed by atoms with Crippen LogP contribution >= 0.6 is 0 Å². The molecule has 0 unspecified atom stereocenters. The maximum atomic E-state index is 11.1. The van der Waals surface area contributed by atoms with Crippen molar-refractivity contribution in [1.29, 1.82) is 0 Å². The number of pyridine rings is 1. The number of hydrogen-bond acceptors (Lipinski definition) is 4. The number of piperidine rings is 1. The lowest BCUT2D eigenvalue weighted by Gasteiger charge is -2.31. The van der Waals surface area contributed by atoms with E-state index in [1.165, 1.54) is 5.56 Å². The van der Waals surface area contributed by atoms with Gasteiger partial charge in [0.05, 0.1) is 23.5 Å². The first-order valence-electron chi connectivity index (χ1n) is 8.50. The summed E-state index contributed by atoms with van der Waals surface area (Å²) in [7, 11) is 0. The number of benzene rings is 1. The number of fused-ring (bicyclic) bond motifs is 1. The maximum absolute atomic E-state index is 11.1. The monoisotopic (exact) mass is 336 g/mol. The molecule has 1 fully saturated rings. The zero-order valence-electron chi connectivity index (χ0n) is 14.1. The van der Waals surface area contributed by atoms with E-state index in [4.69, 9.17) is 10.2 Å². The third kappa shape index (κ3) is 2.95. The fraction of sp³-hybridized carbons (Fsp3) is 0.316. The summed E-state index contributed by atoms with van der Waals surface area (Å²) in [6, 6.07) is 8.23. The van der Waals surface area contributed by atoms with E-state index < -0.39 is 5.97 Å². The molecule has 1 aromatic carbocycles. The van der Waals surface area contributed by atoms with Gasteiger partial charge in [-0.25, -0.2) is 4.68 Å². The van der Waals surface area contributed by atoms with E-state index in [1.54, 1.807) is 0 Å². The van der Waals surface area contributed by atoms with Crippen LogP contribution in [-0.2, 0) is 4.79 Å². The van der Waals surface area contributed by atoms with Crippen molar-refractivity contribution in [3.63, 3.8) is 0 Å². The Bertz CT molecular complexity index is 909. The van der Waals surface area contributed by atoms with Crippen LogP contribution in [0.15, 0.2) is 42.9 Å². The molecule has 1 saturated heterocycles. The van der Waals surface area contributed by atoms with Gasteiger partial charge in [-0.15, -0.1) is 0 Å². The van der Waals surface area contributed by atoms with E-state index in [0.29, 0.717) is 12.8 Å². The Hall–Kier alpha value is -2.89. The van der Waals surface area contributed by atoms with E-state index in [1.807, 2.05) is 35.4 Å². The van der Waals surface area contributed by atoms with Gasteiger partial charge in [0.2, 0.25) is 0 Å². The molecule has 0 bridgehead atoms. The highest BCUT2D eigenvalue weighted by molar-refractivity contribution is 5.90. The number of hydrogen-bond donors (Lipinski definition) is 1. The lowest BCUT2D eigenvalue weighted by molar-refractivity contribution is -0.142. The zero-order valence-corrected chi connectivity index (χ0v) is 14.1. The molecule has 0 saturated carbocycles. The Labute approximate surface area is 145 Å². The van der Waals surface area contributed by atoms with Crippen LogP contribution in [0.5, 0.6) is 0 Å². The Morgan fingerprint density at radius 1 is 1.16 bits per heavy atom. The molecule has 1 N–H and O–H groups in total. The maximum Gasteiger partial charge on any atom is 0.306 e. The van der Waals surface area contributed by atoms with E-state index in [9.17, 15) is 4.79 Å². The third-order valence-electron chi connectivity index (χ3n) is 4.88. The minimum atomic E-state index is -0.695. The first-order valence-corrected chi connectivity index (χ1v) is 8.50. The molecule has 0 atom stereocenters. The lowest BCUT2D eigenvalue weighted by atomic mass is 9.97. The smallest absolute Gasteiger partial charge is 0.306 e. The number of aliphatic carboxylic acids is 1. The van der Waals surface area contributed by atoms with E-state index in [0.717, 1.165) is 35.4 Å². The van der Waals surface area contributed by atoms with Crippen LogP contribution in [0.25, 0.3) is 16.6 Å². The molecule has 6 heteroatoms. The second-order valence-corrected chi connectivity index (χ2v) is 6.61. The fourth-order valence-electron chi connectivity index (χ4n) is 3.36. The van der Waals surface area contributed by atoms with Gasteiger partial charge in [0.15, 0.2) is 0 Å². The van der Waals surface area contributed by atoms with Crippen LogP contribution in [0.3, 0.4) is 0 Å². The molecule has 3 heterocycles. The molecule has 128 valence electrons. The summed E-state index contributed by atoms with van der Waals surface area (Å²) in [4.78, 5) is 17.7. The number of carbonyl (C=O) groups is 1. The van der Waals surface area contributed by atoms with Crippen molar-refractivity contribution >= 4 is 22.6 Å². The molecular formula is C19H20N4O2. The Morgan fingerprint density at radius 2 is 1.88 bits per heavy atom. The first kappa shape index (κ1) is 15.6. The highest BCUT2D eigenvalue weighted by Gasteiger charge is 2.26. The van der Waals surface area contributed by atoms with Gasteiger partial charge < -0.3 is 10.0 Å². The normalized spacial score (nSPS) is 15.6. The minimum absolute atomic E-state index is 0.242. The molecule has 0 radical (unpaired) electrons. The van der Waals surface area contributed by atoms with Crippen LogP contribution < -0.4 is 4.90 Å². The summed E-state index contributed by atoms with van der Waals surface area (Å²) in [5.74, 6) is -0.937. The van der Waals surface area contributed by atoms with Gasteiger partial charge in [-0.2, -0.15) is 5.10 Å². The number of carboxylic acid groups (broad SMARTS) is 1. The number of nitrogens with zero attached hydrogens (tertiary/aromatic N) is 4. The van der Waals surface area contributed by atoms with Gasteiger partial charge in [-0.1, -0.05) is 17.7 Å². The summed E-state index contributed by atoms with van der Waals surface area (Å²) < 4.78 is 1.87. The molecule has 0 spiro atoms. The summed E-state index contributed by atoms with van der Waals surface area (Å²) in [6.45, 7) is 3.50. The zero-order chi connectivity index (χ0) is 17.4. The molecule has 4 rings (SSSR count). The fourth-order valence-corrected chi connectivity index (χ4v) is 3.36. The van der Waals surface area contributed by atoms with Crippen molar-refractivity contribution in [1.82, 2.24) is 14.8 Å². The Morgan fingerprint density at radius 3 is 2.56 bits per heavy atom. The summed E-state index contributed by atoms with van der Waals surface area (Å²) >= 11 is 0. The first-order chi connectivity index (χ1) is 12.1. The molecule has 1 aliphatic heterocycles. The third-order valence-corrected chi connectivity index (χ3v) is 4.88.